The number of halogens is 1. The second kappa shape index (κ2) is 9.45. The van der Waals surface area contributed by atoms with Crippen LogP contribution in [0, 0.1) is 21.4 Å². The van der Waals surface area contributed by atoms with E-state index in [0.717, 1.165) is 5.69 Å². The van der Waals surface area contributed by atoms with Crippen molar-refractivity contribution < 1.29 is 9.72 Å². The number of nitrogens with zero attached hydrogens (tertiary/aromatic N) is 4. The molecule has 0 unspecified atom stereocenters. The zero-order valence-electron chi connectivity index (χ0n) is 14.8. The third kappa shape index (κ3) is 4.95. The van der Waals surface area contributed by atoms with E-state index in [9.17, 15) is 20.2 Å². The molecule has 3 N–H and O–H groups in total. The molecule has 28 heavy (non-hydrogen) atoms. The number of benzene rings is 1. The molecule has 2 aromatic rings. The third-order valence-electron chi connectivity index (χ3n) is 4.44. The average Bonchev–Trinajstić information content (AvgIpc) is 3.33. The maximum atomic E-state index is 12.3. The number of hydrogen-bond donors (Lipinski definition) is 2. The van der Waals surface area contributed by atoms with Crippen molar-refractivity contribution in [3.8, 4) is 6.07 Å². The Hall–Kier alpha value is -2.74. The van der Waals surface area contributed by atoms with Gasteiger partial charge in [-0.1, -0.05) is 0 Å². The summed E-state index contributed by atoms with van der Waals surface area (Å²) in [4.78, 5) is 28.7. The normalized spacial score (nSPS) is 16.7. The first-order valence-corrected chi connectivity index (χ1v) is 9.28. The smallest absolute Gasteiger partial charge is 0.270 e. The largest absolute Gasteiger partial charge is 0.368 e. The van der Waals surface area contributed by atoms with Crippen LogP contribution in [0.3, 0.4) is 0 Å². The number of nitro groups is 1. The Bertz CT molecular complexity index is 886. The molecule has 0 spiro atoms. The van der Waals surface area contributed by atoms with Crippen molar-refractivity contribution in [2.75, 3.05) is 18.0 Å². The minimum Gasteiger partial charge on any atom is -0.368 e. The van der Waals surface area contributed by atoms with Gasteiger partial charge in [-0.15, -0.1) is 23.7 Å². The van der Waals surface area contributed by atoms with Crippen LogP contribution in [0.25, 0.3) is 0 Å². The van der Waals surface area contributed by atoms with Gasteiger partial charge in [-0.25, -0.2) is 4.98 Å². The summed E-state index contributed by atoms with van der Waals surface area (Å²) in [5.41, 5.74) is 9.21. The molecular formula is C17H19ClN6O3S. The molecular weight excluding hydrogens is 404 g/mol. The predicted molar refractivity (Wildman–Crippen MR) is 108 cm³/mol. The van der Waals surface area contributed by atoms with Gasteiger partial charge in [0, 0.05) is 43.1 Å². The van der Waals surface area contributed by atoms with Crippen LogP contribution >= 0.6 is 23.7 Å². The lowest BCUT2D eigenvalue weighted by Gasteiger charge is -2.21. The van der Waals surface area contributed by atoms with E-state index in [1.54, 1.807) is 11.6 Å². The van der Waals surface area contributed by atoms with Gasteiger partial charge in [0.2, 0.25) is 5.91 Å². The van der Waals surface area contributed by atoms with E-state index in [0.29, 0.717) is 31.6 Å². The summed E-state index contributed by atoms with van der Waals surface area (Å²) in [6.45, 7) is 1.15. The summed E-state index contributed by atoms with van der Waals surface area (Å²) in [5.74, 6) is -0.237. The van der Waals surface area contributed by atoms with Gasteiger partial charge >= 0.3 is 0 Å². The van der Waals surface area contributed by atoms with Crippen molar-refractivity contribution >= 4 is 41.0 Å². The minimum atomic E-state index is -0.671. The van der Waals surface area contributed by atoms with Crippen LogP contribution in [-0.2, 0) is 11.2 Å². The number of carbonyl (C=O) groups is 1. The summed E-state index contributed by atoms with van der Waals surface area (Å²) >= 11 is 1.46. The Morgan fingerprint density at radius 2 is 2.36 bits per heavy atom. The molecule has 2 heterocycles. The van der Waals surface area contributed by atoms with Crippen LogP contribution < -0.4 is 16.0 Å². The van der Waals surface area contributed by atoms with Crippen LogP contribution in [0.2, 0.25) is 0 Å². The highest BCUT2D eigenvalue weighted by Crippen LogP contribution is 2.27. The minimum absolute atomic E-state index is 0. The van der Waals surface area contributed by atoms with E-state index in [-0.39, 0.29) is 35.6 Å². The van der Waals surface area contributed by atoms with Crippen LogP contribution in [0.5, 0.6) is 0 Å². The lowest BCUT2D eigenvalue weighted by Crippen LogP contribution is -2.47. The van der Waals surface area contributed by atoms with Crippen LogP contribution in [0.15, 0.2) is 29.1 Å². The lowest BCUT2D eigenvalue weighted by atomic mass is 10.1. The first-order chi connectivity index (χ1) is 13.0. The Morgan fingerprint density at radius 3 is 3.00 bits per heavy atom. The SMILES string of the molecule is Cl.N#Cc1cc([N+](=O)[O-])ccc1N1CC[C@H](NC(=O)[C@@H](N)Cc2cscn2)C1. The Kier molecular flexibility index (Phi) is 7.28. The van der Waals surface area contributed by atoms with Crippen molar-refractivity contribution in [3.63, 3.8) is 0 Å². The monoisotopic (exact) mass is 422 g/mol. The summed E-state index contributed by atoms with van der Waals surface area (Å²) in [5, 5.41) is 25.0. The highest BCUT2D eigenvalue weighted by molar-refractivity contribution is 7.07. The van der Waals surface area contributed by atoms with Crippen LogP contribution in [0.1, 0.15) is 17.7 Å². The maximum Gasteiger partial charge on any atom is 0.270 e. The molecule has 11 heteroatoms. The number of rotatable bonds is 6. The number of hydrogen-bond acceptors (Lipinski definition) is 8. The predicted octanol–water partition coefficient (Wildman–Crippen LogP) is 1.61. The molecule has 1 aromatic carbocycles. The Labute approximate surface area is 171 Å². The van der Waals surface area contributed by atoms with Crippen LogP contribution in [0.4, 0.5) is 11.4 Å². The van der Waals surface area contributed by atoms with E-state index >= 15 is 0 Å². The zero-order chi connectivity index (χ0) is 19.4. The molecule has 2 atom stereocenters. The quantitative estimate of drug-likeness (QED) is 0.532. The third-order valence-corrected chi connectivity index (χ3v) is 5.07. The zero-order valence-corrected chi connectivity index (χ0v) is 16.4. The van der Waals surface area contributed by atoms with E-state index in [4.69, 9.17) is 5.73 Å². The standard InChI is InChI=1S/C17H18N6O3S.ClH/c18-7-11-5-14(23(25)26)1-2-16(11)22-4-3-12(8-22)21-17(24)15(19)6-13-9-27-10-20-13;/h1-2,5,9-10,12,15H,3-4,6,8,19H2,(H,21,24);1H/t12-,15-;/m0./s1. The Morgan fingerprint density at radius 1 is 1.57 bits per heavy atom. The molecule has 1 aromatic heterocycles. The molecule has 3 rings (SSSR count). The summed E-state index contributed by atoms with van der Waals surface area (Å²) in [6.07, 6.45) is 1.09. The number of nitro benzene ring substituents is 1. The summed E-state index contributed by atoms with van der Waals surface area (Å²) in [7, 11) is 0. The highest BCUT2D eigenvalue weighted by Gasteiger charge is 2.28. The summed E-state index contributed by atoms with van der Waals surface area (Å²) in [6, 6.07) is 5.47. The fourth-order valence-corrected chi connectivity index (χ4v) is 3.64. The molecule has 1 saturated heterocycles. The Balaban J connectivity index is 0.00000280. The van der Waals surface area contributed by atoms with E-state index in [1.807, 2.05) is 16.3 Å². The van der Waals surface area contributed by atoms with E-state index in [2.05, 4.69) is 10.3 Å². The first-order valence-electron chi connectivity index (χ1n) is 8.34. The second-order valence-electron chi connectivity index (χ2n) is 6.30. The molecule has 0 aliphatic carbocycles. The molecule has 9 nitrogen and oxygen atoms in total. The highest BCUT2D eigenvalue weighted by atomic mass is 35.5. The number of carbonyl (C=O) groups excluding carboxylic acids is 1. The number of nitrogens with one attached hydrogen (secondary N) is 1. The molecule has 148 valence electrons. The lowest BCUT2D eigenvalue weighted by molar-refractivity contribution is -0.384. The second-order valence-corrected chi connectivity index (χ2v) is 7.02. The van der Waals surface area contributed by atoms with Gasteiger partial charge in [0.15, 0.2) is 0 Å². The van der Waals surface area contributed by atoms with Crippen molar-refractivity contribution in [2.24, 2.45) is 5.73 Å². The molecule has 1 aliphatic rings. The van der Waals surface area contributed by atoms with E-state index in [1.165, 1.54) is 23.5 Å². The maximum absolute atomic E-state index is 12.3. The van der Waals surface area contributed by atoms with Crippen molar-refractivity contribution in [1.82, 2.24) is 10.3 Å². The fraction of sp³-hybridized carbons (Fsp3) is 0.353. The summed E-state index contributed by atoms with van der Waals surface area (Å²) < 4.78 is 0. The van der Waals surface area contributed by atoms with Gasteiger partial charge in [0.05, 0.1) is 33.4 Å². The van der Waals surface area contributed by atoms with Gasteiger partial charge in [-0.05, 0) is 12.5 Å². The van der Waals surface area contributed by atoms with Crippen molar-refractivity contribution in [2.45, 2.75) is 24.9 Å². The number of amides is 1. The van der Waals surface area contributed by atoms with E-state index < -0.39 is 11.0 Å². The number of nitrogens with two attached hydrogens (primary N) is 1. The van der Waals surface area contributed by atoms with Crippen molar-refractivity contribution in [3.05, 3.63) is 50.5 Å². The molecule has 0 bridgehead atoms. The number of nitriles is 1. The number of anilines is 1. The van der Waals surface area contributed by atoms with Gasteiger partial charge in [-0.2, -0.15) is 5.26 Å². The number of thiazole rings is 1. The van der Waals surface area contributed by atoms with Crippen LogP contribution in [-0.4, -0.2) is 41.0 Å². The molecule has 1 fully saturated rings. The van der Waals surface area contributed by atoms with Gasteiger partial charge in [0.25, 0.3) is 5.69 Å². The fourth-order valence-electron chi connectivity index (χ4n) is 3.06. The molecule has 1 aliphatic heterocycles. The van der Waals surface area contributed by atoms with Gasteiger partial charge in [-0.3, -0.25) is 14.9 Å². The number of aromatic nitrogens is 1. The first kappa shape index (κ1) is 21.6. The molecule has 0 radical (unpaired) electrons. The molecule has 0 saturated carbocycles. The topological polar surface area (TPSA) is 138 Å². The molecule has 1 amide bonds. The van der Waals surface area contributed by atoms with Gasteiger partial charge < -0.3 is 16.0 Å². The van der Waals surface area contributed by atoms with Gasteiger partial charge in [0.1, 0.15) is 6.07 Å². The average molecular weight is 423 g/mol. The number of non-ortho nitro benzene ring substituents is 1. The van der Waals surface area contributed by atoms with Crippen molar-refractivity contribution in [1.29, 1.82) is 5.26 Å².